The summed E-state index contributed by atoms with van der Waals surface area (Å²) in [5.41, 5.74) is 1.51. The van der Waals surface area contributed by atoms with Gasteiger partial charge in [-0.3, -0.25) is 4.79 Å². The van der Waals surface area contributed by atoms with E-state index < -0.39 is 5.97 Å². The minimum absolute atomic E-state index is 0.0880. The highest BCUT2D eigenvalue weighted by Gasteiger charge is 2.16. The van der Waals surface area contributed by atoms with E-state index in [1.807, 2.05) is 6.92 Å². The average Bonchev–Trinajstić information content (AvgIpc) is 3.05. The fraction of sp³-hybridized carbons (Fsp3) is 0.267. The fourth-order valence-corrected chi connectivity index (χ4v) is 3.16. The van der Waals surface area contributed by atoms with Crippen molar-refractivity contribution >= 4 is 27.4 Å². The maximum Gasteiger partial charge on any atom is 0.323 e. The average molecular weight is 334 g/mol. The van der Waals surface area contributed by atoms with Crippen LogP contribution in [-0.2, 0) is 4.79 Å². The molecule has 120 valence electrons. The van der Waals surface area contributed by atoms with Crippen molar-refractivity contribution in [2.45, 2.75) is 13.3 Å². The predicted molar refractivity (Wildman–Crippen MR) is 86.4 cm³/mol. The lowest BCUT2D eigenvalue weighted by atomic mass is 10.2. The first-order valence-electron chi connectivity index (χ1n) is 7.15. The smallest absolute Gasteiger partial charge is 0.323 e. The van der Waals surface area contributed by atoms with Gasteiger partial charge in [-0.15, -0.1) is 5.10 Å². The largest absolute Gasteiger partial charge is 0.480 e. The number of aromatic nitrogens is 3. The van der Waals surface area contributed by atoms with E-state index in [4.69, 9.17) is 5.11 Å². The highest BCUT2D eigenvalue weighted by Crippen LogP contribution is 2.26. The van der Waals surface area contributed by atoms with Crippen molar-refractivity contribution in [3.05, 3.63) is 36.3 Å². The zero-order valence-corrected chi connectivity index (χ0v) is 13.3. The summed E-state index contributed by atoms with van der Waals surface area (Å²) in [6.07, 6.45) is 2.59. The molecule has 0 saturated heterocycles. The number of halogens is 1. The van der Waals surface area contributed by atoms with Gasteiger partial charge < -0.3 is 10.0 Å². The lowest BCUT2D eigenvalue weighted by molar-refractivity contribution is -0.135. The Balaban J connectivity index is 1.90. The van der Waals surface area contributed by atoms with Crippen LogP contribution in [-0.4, -0.2) is 38.8 Å². The number of carbonyl (C=O) groups is 1. The first kappa shape index (κ1) is 15.4. The SMILES string of the molecule is CCCN(CC(=O)O)c1nn2cc(-c3ccc(F)cc3)nc2s1. The number of hydrogen-bond acceptors (Lipinski definition) is 5. The number of hydrogen-bond donors (Lipinski definition) is 1. The topological polar surface area (TPSA) is 70.7 Å². The summed E-state index contributed by atoms with van der Waals surface area (Å²) in [5.74, 6) is -1.18. The molecule has 1 aromatic carbocycles. The number of anilines is 1. The number of fused-ring (bicyclic) bond motifs is 1. The molecule has 8 heteroatoms. The molecule has 0 radical (unpaired) electrons. The van der Waals surface area contributed by atoms with Crippen molar-refractivity contribution in [1.29, 1.82) is 0 Å². The van der Waals surface area contributed by atoms with Crippen LogP contribution in [0.4, 0.5) is 9.52 Å². The zero-order chi connectivity index (χ0) is 16.4. The second-order valence-corrected chi connectivity index (χ2v) is 5.99. The fourth-order valence-electron chi connectivity index (χ4n) is 2.25. The molecule has 23 heavy (non-hydrogen) atoms. The molecule has 3 rings (SSSR count). The van der Waals surface area contributed by atoms with E-state index in [0.29, 0.717) is 22.3 Å². The first-order chi connectivity index (χ1) is 11.1. The van der Waals surface area contributed by atoms with Crippen LogP contribution in [0.25, 0.3) is 16.2 Å². The van der Waals surface area contributed by atoms with E-state index in [0.717, 1.165) is 12.0 Å². The van der Waals surface area contributed by atoms with Crippen LogP contribution < -0.4 is 4.90 Å². The summed E-state index contributed by atoms with van der Waals surface area (Å²) < 4.78 is 14.6. The Bertz CT molecular complexity index is 796. The Morgan fingerprint density at radius 3 is 2.74 bits per heavy atom. The lowest BCUT2D eigenvalue weighted by Gasteiger charge is -2.17. The number of imidazole rings is 1. The third kappa shape index (κ3) is 3.31. The maximum absolute atomic E-state index is 13.0. The Morgan fingerprint density at radius 1 is 1.39 bits per heavy atom. The van der Waals surface area contributed by atoms with Crippen molar-refractivity contribution < 1.29 is 14.3 Å². The summed E-state index contributed by atoms with van der Waals surface area (Å²) in [7, 11) is 0. The van der Waals surface area contributed by atoms with Crippen LogP contribution in [0.5, 0.6) is 0 Å². The summed E-state index contributed by atoms with van der Waals surface area (Å²) in [4.78, 5) is 17.8. The molecule has 2 heterocycles. The maximum atomic E-state index is 13.0. The molecule has 0 aliphatic heterocycles. The number of benzene rings is 1. The minimum atomic E-state index is -0.890. The van der Waals surface area contributed by atoms with Crippen molar-refractivity contribution in [2.75, 3.05) is 18.0 Å². The predicted octanol–water partition coefficient (Wildman–Crippen LogP) is 2.90. The number of carboxylic acid groups (broad SMARTS) is 1. The van der Waals surface area contributed by atoms with Crippen molar-refractivity contribution in [3.63, 3.8) is 0 Å². The van der Waals surface area contributed by atoms with Gasteiger partial charge in [-0.05, 0) is 30.7 Å². The van der Waals surface area contributed by atoms with Crippen molar-refractivity contribution in [2.24, 2.45) is 0 Å². The van der Waals surface area contributed by atoms with E-state index in [9.17, 15) is 9.18 Å². The Hall–Kier alpha value is -2.48. The van der Waals surface area contributed by atoms with Gasteiger partial charge >= 0.3 is 5.97 Å². The summed E-state index contributed by atoms with van der Waals surface area (Å²) in [6.45, 7) is 2.52. The standard InChI is InChI=1S/C15H15FN4O2S/c1-2-7-19(9-13(21)22)15-18-20-8-12(17-14(20)23-15)10-3-5-11(16)6-4-10/h3-6,8H,2,7,9H2,1H3,(H,21,22). The van der Waals surface area contributed by atoms with Crippen LogP contribution in [0.1, 0.15) is 13.3 Å². The van der Waals surface area contributed by atoms with Crippen molar-refractivity contribution in [3.8, 4) is 11.3 Å². The molecule has 6 nitrogen and oxygen atoms in total. The van der Waals surface area contributed by atoms with Crippen LogP contribution in [0, 0.1) is 5.82 Å². The molecule has 0 fully saturated rings. The van der Waals surface area contributed by atoms with Gasteiger partial charge in [0, 0.05) is 12.1 Å². The molecule has 0 unspecified atom stereocenters. The molecule has 0 aliphatic carbocycles. The molecule has 0 saturated carbocycles. The molecule has 0 aliphatic rings. The monoisotopic (exact) mass is 334 g/mol. The van der Waals surface area contributed by atoms with Crippen LogP contribution >= 0.6 is 11.3 Å². The van der Waals surface area contributed by atoms with Crippen LogP contribution in [0.2, 0.25) is 0 Å². The molecule has 0 bridgehead atoms. The lowest BCUT2D eigenvalue weighted by Crippen LogP contribution is -2.30. The molecule has 2 aromatic heterocycles. The second kappa shape index (κ2) is 6.33. The molecule has 0 spiro atoms. The first-order valence-corrected chi connectivity index (χ1v) is 7.97. The quantitative estimate of drug-likeness (QED) is 0.750. The van der Waals surface area contributed by atoms with E-state index >= 15 is 0 Å². The Labute approximate surface area is 135 Å². The molecule has 1 N–H and O–H groups in total. The Kier molecular flexibility index (Phi) is 4.24. The van der Waals surface area contributed by atoms with Crippen LogP contribution in [0.15, 0.2) is 30.5 Å². The molecule has 0 atom stereocenters. The van der Waals surface area contributed by atoms with Gasteiger partial charge in [0.05, 0.1) is 11.9 Å². The minimum Gasteiger partial charge on any atom is -0.480 e. The van der Waals surface area contributed by atoms with Gasteiger partial charge in [0.1, 0.15) is 12.4 Å². The summed E-state index contributed by atoms with van der Waals surface area (Å²) >= 11 is 1.34. The second-order valence-electron chi connectivity index (χ2n) is 5.06. The van der Waals surface area contributed by atoms with Gasteiger partial charge in [-0.25, -0.2) is 13.9 Å². The summed E-state index contributed by atoms with van der Waals surface area (Å²) in [6, 6.07) is 6.10. The number of nitrogens with zero attached hydrogens (tertiary/aromatic N) is 4. The third-order valence-corrected chi connectivity index (χ3v) is 4.25. The Morgan fingerprint density at radius 2 is 2.13 bits per heavy atom. The van der Waals surface area contributed by atoms with Gasteiger partial charge in [-0.1, -0.05) is 18.3 Å². The molecule has 3 aromatic rings. The number of aliphatic carboxylic acids is 1. The van der Waals surface area contributed by atoms with E-state index in [1.54, 1.807) is 27.7 Å². The zero-order valence-electron chi connectivity index (χ0n) is 12.4. The third-order valence-electron chi connectivity index (χ3n) is 3.26. The van der Waals surface area contributed by atoms with E-state index in [1.165, 1.54) is 23.5 Å². The summed E-state index contributed by atoms with van der Waals surface area (Å²) in [5, 5.41) is 14.0. The number of carboxylic acids is 1. The highest BCUT2D eigenvalue weighted by molar-refractivity contribution is 7.20. The van der Waals surface area contributed by atoms with E-state index in [2.05, 4.69) is 10.1 Å². The van der Waals surface area contributed by atoms with Gasteiger partial charge in [0.15, 0.2) is 0 Å². The molecule has 0 amide bonds. The molecular formula is C15H15FN4O2S. The molecular weight excluding hydrogens is 319 g/mol. The number of rotatable bonds is 6. The highest BCUT2D eigenvalue weighted by atomic mass is 32.1. The van der Waals surface area contributed by atoms with E-state index in [-0.39, 0.29) is 12.4 Å². The van der Waals surface area contributed by atoms with Crippen molar-refractivity contribution in [1.82, 2.24) is 14.6 Å². The van der Waals surface area contributed by atoms with Gasteiger partial charge in [-0.2, -0.15) is 0 Å². The van der Waals surface area contributed by atoms with Gasteiger partial charge in [0.2, 0.25) is 10.1 Å². The van der Waals surface area contributed by atoms with Crippen LogP contribution in [0.3, 0.4) is 0 Å². The van der Waals surface area contributed by atoms with Gasteiger partial charge in [0.25, 0.3) is 0 Å². The normalized spacial score (nSPS) is 11.0.